The van der Waals surface area contributed by atoms with Crippen molar-refractivity contribution in [2.75, 3.05) is 19.8 Å². The largest absolute Gasteiger partial charge is 0.444 e. The summed E-state index contributed by atoms with van der Waals surface area (Å²) >= 11 is 0. The van der Waals surface area contributed by atoms with Gasteiger partial charge in [-0.05, 0) is 33.6 Å². The Balaban J connectivity index is 1.95. The first kappa shape index (κ1) is 15.6. The van der Waals surface area contributed by atoms with Gasteiger partial charge in [-0.2, -0.15) is 0 Å². The zero-order chi connectivity index (χ0) is 14.8. The number of ether oxygens (including phenoxy) is 3. The molecule has 116 valence electrons. The van der Waals surface area contributed by atoms with Crippen LogP contribution in [0.1, 0.15) is 47.0 Å². The molecular formula is C15H27NO4. The van der Waals surface area contributed by atoms with Gasteiger partial charge in [-0.15, -0.1) is 0 Å². The van der Waals surface area contributed by atoms with Crippen molar-refractivity contribution in [3.05, 3.63) is 0 Å². The van der Waals surface area contributed by atoms with Crippen LogP contribution in [0.4, 0.5) is 4.79 Å². The molecule has 2 rings (SSSR count). The second-order valence-corrected chi connectivity index (χ2v) is 6.59. The molecule has 5 nitrogen and oxygen atoms in total. The molecule has 0 radical (unpaired) electrons. The van der Waals surface area contributed by atoms with Crippen LogP contribution in [-0.2, 0) is 14.2 Å². The summed E-state index contributed by atoms with van der Waals surface area (Å²) in [4.78, 5) is 14.1. The molecule has 3 atom stereocenters. The van der Waals surface area contributed by atoms with Gasteiger partial charge in [0.15, 0.2) is 0 Å². The van der Waals surface area contributed by atoms with E-state index in [0.717, 1.165) is 25.9 Å². The average Bonchev–Trinajstić information content (AvgIpc) is 2.90. The molecule has 1 unspecified atom stereocenters. The summed E-state index contributed by atoms with van der Waals surface area (Å²) in [5.74, 6) is 0. The predicted octanol–water partition coefficient (Wildman–Crippen LogP) is 2.58. The Hall–Kier alpha value is -0.810. The van der Waals surface area contributed by atoms with E-state index in [-0.39, 0.29) is 24.3 Å². The maximum absolute atomic E-state index is 12.3. The highest BCUT2D eigenvalue weighted by atomic mass is 16.6. The molecule has 0 bridgehead atoms. The Morgan fingerprint density at radius 2 is 2.15 bits per heavy atom. The van der Waals surface area contributed by atoms with Gasteiger partial charge in [0.05, 0.1) is 12.6 Å². The van der Waals surface area contributed by atoms with Gasteiger partial charge in [-0.25, -0.2) is 4.79 Å². The molecule has 0 aliphatic carbocycles. The highest BCUT2D eigenvalue weighted by Crippen LogP contribution is 2.32. The normalized spacial score (nSPS) is 29.6. The molecule has 5 heteroatoms. The fourth-order valence-corrected chi connectivity index (χ4v) is 2.78. The molecular weight excluding hydrogens is 258 g/mol. The topological polar surface area (TPSA) is 48.0 Å². The van der Waals surface area contributed by atoms with Crippen molar-refractivity contribution in [1.29, 1.82) is 0 Å². The van der Waals surface area contributed by atoms with Crippen LogP contribution in [0.15, 0.2) is 0 Å². The number of carbonyl (C=O) groups excluding carboxylic acids is 1. The van der Waals surface area contributed by atoms with E-state index in [0.29, 0.717) is 13.2 Å². The van der Waals surface area contributed by atoms with Crippen LogP contribution in [0.5, 0.6) is 0 Å². The van der Waals surface area contributed by atoms with Crippen molar-refractivity contribution >= 4 is 6.09 Å². The molecule has 2 aliphatic rings. The first-order valence-electron chi connectivity index (χ1n) is 7.65. The average molecular weight is 285 g/mol. The number of amides is 1. The molecule has 0 aromatic rings. The van der Waals surface area contributed by atoms with E-state index in [1.807, 2.05) is 20.8 Å². The summed E-state index contributed by atoms with van der Waals surface area (Å²) in [7, 11) is 0. The smallest absolute Gasteiger partial charge is 0.410 e. The fraction of sp³-hybridized carbons (Fsp3) is 0.933. The summed E-state index contributed by atoms with van der Waals surface area (Å²) in [5, 5.41) is 0. The van der Waals surface area contributed by atoms with E-state index in [1.165, 1.54) is 0 Å². The van der Waals surface area contributed by atoms with Crippen LogP contribution in [0, 0.1) is 0 Å². The third kappa shape index (κ3) is 3.64. The Morgan fingerprint density at radius 3 is 2.80 bits per heavy atom. The monoisotopic (exact) mass is 285 g/mol. The van der Waals surface area contributed by atoms with Crippen molar-refractivity contribution in [2.24, 2.45) is 0 Å². The molecule has 0 aromatic carbocycles. The molecule has 2 fully saturated rings. The third-order valence-electron chi connectivity index (χ3n) is 3.70. The number of hydrogen-bond donors (Lipinski definition) is 0. The highest BCUT2D eigenvalue weighted by Gasteiger charge is 2.49. The molecule has 2 aliphatic heterocycles. The lowest BCUT2D eigenvalue weighted by Crippen LogP contribution is -2.41. The highest BCUT2D eigenvalue weighted by molar-refractivity contribution is 5.69. The van der Waals surface area contributed by atoms with Crippen LogP contribution >= 0.6 is 0 Å². The van der Waals surface area contributed by atoms with Crippen molar-refractivity contribution in [3.63, 3.8) is 0 Å². The molecule has 2 saturated heterocycles. The first-order chi connectivity index (χ1) is 9.42. The molecule has 0 aromatic heterocycles. The summed E-state index contributed by atoms with van der Waals surface area (Å²) < 4.78 is 17.1. The van der Waals surface area contributed by atoms with Crippen LogP contribution in [-0.4, -0.2) is 54.6 Å². The van der Waals surface area contributed by atoms with Gasteiger partial charge in [-0.1, -0.05) is 13.3 Å². The Kier molecular flexibility index (Phi) is 4.91. The quantitative estimate of drug-likeness (QED) is 0.745. The number of nitrogens with zero attached hydrogens (tertiary/aromatic N) is 1. The molecule has 1 amide bonds. The van der Waals surface area contributed by atoms with Crippen LogP contribution in [0.3, 0.4) is 0 Å². The number of hydrogen-bond acceptors (Lipinski definition) is 4. The van der Waals surface area contributed by atoms with Crippen molar-refractivity contribution in [1.82, 2.24) is 4.90 Å². The van der Waals surface area contributed by atoms with Gasteiger partial charge >= 0.3 is 6.09 Å². The lowest BCUT2D eigenvalue weighted by molar-refractivity contribution is -0.0308. The second kappa shape index (κ2) is 6.31. The molecule has 0 spiro atoms. The van der Waals surface area contributed by atoms with Gasteiger partial charge in [-0.3, -0.25) is 4.90 Å². The van der Waals surface area contributed by atoms with Gasteiger partial charge in [0.2, 0.25) is 0 Å². The minimum Gasteiger partial charge on any atom is -0.444 e. The third-order valence-corrected chi connectivity index (χ3v) is 3.70. The molecule has 2 heterocycles. The standard InChI is InChI=1S/C15H27NO4/c1-5-6-8-18-12-10-16(11-7-9-19-13(11)12)14(17)20-15(2,3)4/h11-13H,5-10H2,1-4H3/t11-,12-,13?/m1/s1. The van der Waals surface area contributed by atoms with Crippen molar-refractivity contribution < 1.29 is 19.0 Å². The number of fused-ring (bicyclic) bond motifs is 1. The maximum atomic E-state index is 12.3. The summed E-state index contributed by atoms with van der Waals surface area (Å²) in [6, 6.07) is 0.108. The van der Waals surface area contributed by atoms with E-state index in [2.05, 4.69) is 6.92 Å². The molecule has 20 heavy (non-hydrogen) atoms. The second-order valence-electron chi connectivity index (χ2n) is 6.59. The lowest BCUT2D eigenvalue weighted by atomic mass is 10.1. The molecule has 0 N–H and O–H groups in total. The predicted molar refractivity (Wildman–Crippen MR) is 75.7 cm³/mol. The van der Waals surface area contributed by atoms with Crippen molar-refractivity contribution in [3.8, 4) is 0 Å². The van der Waals surface area contributed by atoms with E-state index in [9.17, 15) is 4.79 Å². The summed E-state index contributed by atoms with van der Waals surface area (Å²) in [6.45, 7) is 9.81. The van der Waals surface area contributed by atoms with Crippen LogP contribution < -0.4 is 0 Å². The van der Waals surface area contributed by atoms with Gasteiger partial charge < -0.3 is 14.2 Å². The number of rotatable bonds is 4. The van der Waals surface area contributed by atoms with Crippen LogP contribution in [0.2, 0.25) is 0 Å². The van der Waals surface area contributed by atoms with E-state index in [4.69, 9.17) is 14.2 Å². The Bertz CT molecular complexity index is 339. The zero-order valence-electron chi connectivity index (χ0n) is 13.1. The first-order valence-corrected chi connectivity index (χ1v) is 7.65. The Morgan fingerprint density at radius 1 is 1.40 bits per heavy atom. The van der Waals surface area contributed by atoms with Gasteiger partial charge in [0, 0.05) is 13.2 Å². The zero-order valence-corrected chi connectivity index (χ0v) is 13.1. The number of carbonyl (C=O) groups is 1. The van der Waals surface area contributed by atoms with Crippen molar-refractivity contribution in [2.45, 2.75) is 70.8 Å². The van der Waals surface area contributed by atoms with E-state index >= 15 is 0 Å². The molecule has 0 saturated carbocycles. The summed E-state index contributed by atoms with van der Waals surface area (Å²) in [5.41, 5.74) is -0.465. The minimum atomic E-state index is -0.465. The maximum Gasteiger partial charge on any atom is 0.410 e. The number of likely N-dealkylation sites (tertiary alicyclic amines) is 1. The SMILES string of the molecule is CCCCO[C@@H]1CN(C(=O)OC(C)(C)C)[C@@H]2CCOC21. The minimum absolute atomic E-state index is 0.0124. The fourth-order valence-electron chi connectivity index (χ4n) is 2.78. The lowest BCUT2D eigenvalue weighted by Gasteiger charge is -2.27. The van der Waals surface area contributed by atoms with Gasteiger partial charge in [0.25, 0.3) is 0 Å². The van der Waals surface area contributed by atoms with E-state index < -0.39 is 5.60 Å². The van der Waals surface area contributed by atoms with E-state index in [1.54, 1.807) is 4.90 Å². The number of unbranched alkanes of at least 4 members (excludes halogenated alkanes) is 1. The van der Waals surface area contributed by atoms with Gasteiger partial charge in [0.1, 0.15) is 17.8 Å². The summed E-state index contributed by atoms with van der Waals surface area (Å²) in [6.07, 6.45) is 2.77. The van der Waals surface area contributed by atoms with Crippen LogP contribution in [0.25, 0.3) is 0 Å². The Labute approximate surface area is 121 Å².